The van der Waals surface area contributed by atoms with E-state index < -0.39 is 29.5 Å². The average Bonchev–Trinajstić information content (AvgIpc) is 2.37. The Hall–Kier alpha value is -1.69. The van der Waals surface area contributed by atoms with E-state index in [1.807, 2.05) is 6.92 Å². The highest BCUT2D eigenvalue weighted by atomic mass is 19.1. The topological polar surface area (TPSA) is 52.6 Å². The molecule has 2 atom stereocenters. The molecule has 1 heterocycles. The number of piperidine rings is 1. The van der Waals surface area contributed by atoms with E-state index in [-0.39, 0.29) is 12.5 Å². The van der Waals surface area contributed by atoms with Gasteiger partial charge in [-0.25, -0.2) is 13.6 Å². The Kier molecular flexibility index (Phi) is 3.99. The summed E-state index contributed by atoms with van der Waals surface area (Å²) in [4.78, 5) is 13.3. The van der Waals surface area contributed by atoms with Gasteiger partial charge in [-0.3, -0.25) is 0 Å². The molecule has 1 fully saturated rings. The molecular formula is C13H16F2N2O2. The van der Waals surface area contributed by atoms with Gasteiger partial charge in [0.1, 0.15) is 17.3 Å². The van der Waals surface area contributed by atoms with Crippen LogP contribution in [-0.2, 0) is 0 Å². The molecule has 1 aromatic rings. The average molecular weight is 270 g/mol. The maximum Gasteiger partial charge on any atom is 0.322 e. The first kappa shape index (κ1) is 13.7. The number of nitrogens with zero attached hydrogens (tertiary/aromatic N) is 1. The van der Waals surface area contributed by atoms with E-state index in [0.717, 1.165) is 12.1 Å². The van der Waals surface area contributed by atoms with Crippen LogP contribution in [0.1, 0.15) is 13.3 Å². The molecule has 0 spiro atoms. The summed E-state index contributed by atoms with van der Waals surface area (Å²) >= 11 is 0. The van der Waals surface area contributed by atoms with Crippen molar-refractivity contribution in [2.24, 2.45) is 5.92 Å². The van der Waals surface area contributed by atoms with Crippen molar-refractivity contribution in [3.8, 4) is 0 Å². The van der Waals surface area contributed by atoms with Gasteiger partial charge in [-0.05, 0) is 24.5 Å². The number of amides is 2. The van der Waals surface area contributed by atoms with E-state index in [2.05, 4.69) is 5.32 Å². The van der Waals surface area contributed by atoms with Gasteiger partial charge in [-0.1, -0.05) is 13.0 Å². The van der Waals surface area contributed by atoms with Crippen LogP contribution in [0.2, 0.25) is 0 Å². The van der Waals surface area contributed by atoms with Gasteiger partial charge < -0.3 is 15.3 Å². The van der Waals surface area contributed by atoms with Gasteiger partial charge in [0.15, 0.2) is 0 Å². The Morgan fingerprint density at radius 2 is 2.05 bits per heavy atom. The molecule has 1 aliphatic heterocycles. The Balaban J connectivity index is 2.05. The van der Waals surface area contributed by atoms with Crippen molar-refractivity contribution in [1.29, 1.82) is 0 Å². The summed E-state index contributed by atoms with van der Waals surface area (Å²) in [6.07, 6.45) is 0.0545. The quantitative estimate of drug-likeness (QED) is 0.822. The third-order valence-corrected chi connectivity index (χ3v) is 3.40. The minimum absolute atomic E-state index is 0.120. The molecule has 1 aromatic carbocycles. The number of anilines is 1. The number of likely N-dealkylation sites (tertiary alicyclic amines) is 1. The van der Waals surface area contributed by atoms with Crippen LogP contribution in [0.3, 0.4) is 0 Å². The molecule has 4 nitrogen and oxygen atoms in total. The molecule has 6 heteroatoms. The fourth-order valence-corrected chi connectivity index (χ4v) is 2.04. The summed E-state index contributed by atoms with van der Waals surface area (Å²) in [5, 5.41) is 11.9. The molecule has 0 aliphatic carbocycles. The number of hydrogen-bond acceptors (Lipinski definition) is 2. The van der Waals surface area contributed by atoms with E-state index in [4.69, 9.17) is 0 Å². The summed E-state index contributed by atoms with van der Waals surface area (Å²) in [7, 11) is 0. The second-order valence-corrected chi connectivity index (χ2v) is 4.81. The number of nitrogens with one attached hydrogen (secondary N) is 1. The van der Waals surface area contributed by atoms with E-state index in [0.29, 0.717) is 13.0 Å². The van der Waals surface area contributed by atoms with Gasteiger partial charge in [0.25, 0.3) is 0 Å². The van der Waals surface area contributed by atoms with Crippen molar-refractivity contribution in [2.75, 3.05) is 18.4 Å². The lowest BCUT2D eigenvalue weighted by atomic mass is 9.96. The summed E-state index contributed by atoms with van der Waals surface area (Å²) in [6.45, 7) is 2.53. The number of aliphatic hydroxyl groups is 1. The highest BCUT2D eigenvalue weighted by molar-refractivity contribution is 5.89. The van der Waals surface area contributed by atoms with E-state index in [1.54, 1.807) is 0 Å². The second-order valence-electron chi connectivity index (χ2n) is 4.81. The number of halogens is 2. The number of para-hydroxylation sites is 1. The Labute approximate surface area is 110 Å². The second kappa shape index (κ2) is 5.52. The van der Waals surface area contributed by atoms with Crippen LogP contribution in [0.4, 0.5) is 19.3 Å². The number of β-amino-alcohol motifs (C(OH)–C–C–N with tert-alkyl or cyclic N) is 1. The predicted molar refractivity (Wildman–Crippen MR) is 66.7 cm³/mol. The summed E-state index contributed by atoms with van der Waals surface area (Å²) < 4.78 is 26.8. The lowest BCUT2D eigenvalue weighted by Gasteiger charge is -2.34. The number of carbonyl (C=O) groups is 1. The van der Waals surface area contributed by atoms with Crippen molar-refractivity contribution < 1.29 is 18.7 Å². The van der Waals surface area contributed by atoms with Crippen LogP contribution in [0, 0.1) is 17.6 Å². The van der Waals surface area contributed by atoms with Gasteiger partial charge >= 0.3 is 6.03 Å². The lowest BCUT2D eigenvalue weighted by Crippen LogP contribution is -2.47. The number of benzene rings is 1. The Bertz CT molecular complexity index is 461. The van der Waals surface area contributed by atoms with Crippen molar-refractivity contribution in [3.05, 3.63) is 29.8 Å². The lowest BCUT2D eigenvalue weighted by molar-refractivity contribution is 0.0463. The van der Waals surface area contributed by atoms with Crippen molar-refractivity contribution in [2.45, 2.75) is 19.4 Å². The molecule has 104 valence electrons. The summed E-state index contributed by atoms with van der Waals surface area (Å²) in [5.74, 6) is -1.52. The summed E-state index contributed by atoms with van der Waals surface area (Å²) in [5.41, 5.74) is -0.458. The monoisotopic (exact) mass is 270 g/mol. The largest absolute Gasteiger partial charge is 0.391 e. The third-order valence-electron chi connectivity index (χ3n) is 3.40. The zero-order valence-corrected chi connectivity index (χ0v) is 10.6. The third kappa shape index (κ3) is 3.01. The van der Waals surface area contributed by atoms with Gasteiger partial charge in [0.05, 0.1) is 6.10 Å². The van der Waals surface area contributed by atoms with E-state index in [9.17, 15) is 18.7 Å². The van der Waals surface area contributed by atoms with Crippen LogP contribution in [0.25, 0.3) is 0 Å². The van der Waals surface area contributed by atoms with Crippen LogP contribution >= 0.6 is 0 Å². The highest BCUT2D eigenvalue weighted by Crippen LogP contribution is 2.21. The van der Waals surface area contributed by atoms with Gasteiger partial charge in [0.2, 0.25) is 0 Å². The number of aliphatic hydroxyl groups excluding tert-OH is 1. The van der Waals surface area contributed by atoms with Crippen LogP contribution in [0.15, 0.2) is 18.2 Å². The molecular weight excluding hydrogens is 254 g/mol. The first-order valence-corrected chi connectivity index (χ1v) is 6.17. The van der Waals surface area contributed by atoms with Crippen LogP contribution in [-0.4, -0.2) is 35.2 Å². The van der Waals surface area contributed by atoms with Crippen molar-refractivity contribution >= 4 is 11.7 Å². The maximum absolute atomic E-state index is 13.4. The molecule has 2 rings (SSSR count). The van der Waals surface area contributed by atoms with Gasteiger partial charge in [-0.2, -0.15) is 0 Å². The van der Waals surface area contributed by atoms with Crippen LogP contribution < -0.4 is 5.32 Å². The minimum Gasteiger partial charge on any atom is -0.391 e. The maximum atomic E-state index is 13.4. The molecule has 2 unspecified atom stereocenters. The van der Waals surface area contributed by atoms with E-state index >= 15 is 0 Å². The molecule has 0 aromatic heterocycles. The minimum atomic E-state index is -0.820. The number of urea groups is 1. The molecule has 0 saturated carbocycles. The first-order chi connectivity index (χ1) is 8.99. The van der Waals surface area contributed by atoms with Gasteiger partial charge in [0, 0.05) is 13.1 Å². The Morgan fingerprint density at radius 1 is 1.42 bits per heavy atom. The Morgan fingerprint density at radius 3 is 2.63 bits per heavy atom. The molecule has 1 saturated heterocycles. The highest BCUT2D eigenvalue weighted by Gasteiger charge is 2.28. The molecule has 1 aliphatic rings. The number of hydrogen-bond donors (Lipinski definition) is 2. The summed E-state index contributed by atoms with van der Waals surface area (Å²) in [6, 6.07) is 2.78. The predicted octanol–water partition coefficient (Wildman–Crippen LogP) is 2.20. The molecule has 0 bridgehead atoms. The SMILES string of the molecule is CC1CCN(C(=O)Nc2c(F)cccc2F)CC1O. The molecule has 2 amide bonds. The zero-order valence-electron chi connectivity index (χ0n) is 10.6. The smallest absolute Gasteiger partial charge is 0.322 e. The fraction of sp³-hybridized carbons (Fsp3) is 0.462. The van der Waals surface area contributed by atoms with E-state index in [1.165, 1.54) is 11.0 Å². The molecule has 2 N–H and O–H groups in total. The number of carbonyl (C=O) groups excluding carboxylic acids is 1. The first-order valence-electron chi connectivity index (χ1n) is 6.17. The number of rotatable bonds is 1. The van der Waals surface area contributed by atoms with Crippen molar-refractivity contribution in [1.82, 2.24) is 4.90 Å². The molecule has 19 heavy (non-hydrogen) atoms. The normalized spacial score (nSPS) is 23.3. The fourth-order valence-electron chi connectivity index (χ4n) is 2.04. The van der Waals surface area contributed by atoms with Gasteiger partial charge in [-0.15, -0.1) is 0 Å². The zero-order chi connectivity index (χ0) is 14.0. The van der Waals surface area contributed by atoms with Crippen molar-refractivity contribution in [3.63, 3.8) is 0 Å². The molecule has 0 radical (unpaired) electrons. The van der Waals surface area contributed by atoms with Crippen LogP contribution in [0.5, 0.6) is 0 Å². The standard InChI is InChI=1S/C13H16F2N2O2/c1-8-5-6-17(7-11(8)18)13(19)16-12-9(14)3-2-4-10(12)15/h2-4,8,11,18H,5-7H2,1H3,(H,16,19).